The maximum Gasteiger partial charge on any atom is 0.117 e. The van der Waals surface area contributed by atoms with Crippen LogP contribution >= 0.6 is 0 Å². The van der Waals surface area contributed by atoms with Crippen LogP contribution in [0.25, 0.3) is 0 Å². The summed E-state index contributed by atoms with van der Waals surface area (Å²) in [6.45, 7) is 3.89. The second kappa shape index (κ2) is 5.83. The minimum Gasteiger partial charge on any atom is -0.380 e. The molecule has 0 aromatic rings. The van der Waals surface area contributed by atoms with Crippen LogP contribution in [0.1, 0.15) is 26.7 Å². The molecule has 0 unspecified atom stereocenters. The molecule has 0 radical (unpaired) electrons. The van der Waals surface area contributed by atoms with Crippen molar-refractivity contribution in [3.05, 3.63) is 0 Å². The topological polar surface area (TPSA) is 20.2 Å². The smallest absolute Gasteiger partial charge is 0.117 e. The third-order valence-electron chi connectivity index (χ3n) is 1.44. The standard InChI is InChI=1S/C10H14O/c1-4-6-7-8-9(3)10(11)5-2/h2,9-11H,4,8H2,1,3H3/t9-,10+/m0/s1. The minimum absolute atomic E-state index is 0.0825. The fourth-order valence-electron chi connectivity index (χ4n) is 0.634. The zero-order valence-electron chi connectivity index (χ0n) is 7.09. The van der Waals surface area contributed by atoms with Crippen LogP contribution in [0.2, 0.25) is 0 Å². The Balaban J connectivity index is 3.70. The van der Waals surface area contributed by atoms with E-state index in [4.69, 9.17) is 11.5 Å². The van der Waals surface area contributed by atoms with Gasteiger partial charge < -0.3 is 5.11 Å². The van der Waals surface area contributed by atoms with Gasteiger partial charge in [0, 0.05) is 18.8 Å². The first-order chi connectivity index (χ1) is 5.22. The molecule has 0 aromatic carbocycles. The Hall–Kier alpha value is -0.920. The van der Waals surface area contributed by atoms with Crippen LogP contribution in [-0.4, -0.2) is 11.2 Å². The summed E-state index contributed by atoms with van der Waals surface area (Å²) < 4.78 is 0. The second-order valence-corrected chi connectivity index (χ2v) is 2.50. The van der Waals surface area contributed by atoms with Crippen molar-refractivity contribution < 1.29 is 5.11 Å². The van der Waals surface area contributed by atoms with E-state index >= 15 is 0 Å². The Morgan fingerprint density at radius 1 is 1.45 bits per heavy atom. The van der Waals surface area contributed by atoms with E-state index in [0.29, 0.717) is 6.42 Å². The number of terminal acetylenes is 1. The van der Waals surface area contributed by atoms with E-state index in [9.17, 15) is 0 Å². The van der Waals surface area contributed by atoms with Gasteiger partial charge in [-0.25, -0.2) is 0 Å². The molecule has 0 spiro atoms. The van der Waals surface area contributed by atoms with Crippen LogP contribution in [0.15, 0.2) is 0 Å². The third-order valence-corrected chi connectivity index (χ3v) is 1.44. The van der Waals surface area contributed by atoms with Crippen molar-refractivity contribution in [3.8, 4) is 24.2 Å². The van der Waals surface area contributed by atoms with Crippen molar-refractivity contribution >= 4 is 0 Å². The number of hydrogen-bond acceptors (Lipinski definition) is 1. The minimum atomic E-state index is -0.652. The highest BCUT2D eigenvalue weighted by atomic mass is 16.3. The van der Waals surface area contributed by atoms with Gasteiger partial charge in [-0.15, -0.1) is 18.3 Å². The quantitative estimate of drug-likeness (QED) is 0.590. The molecule has 0 aliphatic carbocycles. The SMILES string of the molecule is C#C[C@@H](O)[C@@H](C)CC#CCC. The molecule has 60 valence electrons. The van der Waals surface area contributed by atoms with E-state index in [0.717, 1.165) is 6.42 Å². The molecule has 0 amide bonds. The van der Waals surface area contributed by atoms with Gasteiger partial charge in [0.25, 0.3) is 0 Å². The Morgan fingerprint density at radius 3 is 2.55 bits per heavy atom. The van der Waals surface area contributed by atoms with Crippen LogP contribution < -0.4 is 0 Å². The van der Waals surface area contributed by atoms with Crippen LogP contribution in [0.3, 0.4) is 0 Å². The van der Waals surface area contributed by atoms with Crippen molar-refractivity contribution in [1.82, 2.24) is 0 Å². The van der Waals surface area contributed by atoms with Crippen LogP contribution in [0.4, 0.5) is 0 Å². The van der Waals surface area contributed by atoms with E-state index in [2.05, 4.69) is 17.8 Å². The fraction of sp³-hybridized carbons (Fsp3) is 0.600. The molecule has 11 heavy (non-hydrogen) atoms. The molecule has 1 N–H and O–H groups in total. The van der Waals surface area contributed by atoms with E-state index in [1.54, 1.807) is 0 Å². The fourth-order valence-corrected chi connectivity index (χ4v) is 0.634. The van der Waals surface area contributed by atoms with Gasteiger partial charge in [0.05, 0.1) is 0 Å². The average Bonchev–Trinajstić information content (AvgIpc) is 2.03. The molecule has 1 nitrogen and oxygen atoms in total. The van der Waals surface area contributed by atoms with Crippen molar-refractivity contribution in [3.63, 3.8) is 0 Å². The first kappa shape index (κ1) is 10.1. The second-order valence-electron chi connectivity index (χ2n) is 2.50. The van der Waals surface area contributed by atoms with Crippen molar-refractivity contribution in [2.75, 3.05) is 0 Å². The Bertz CT molecular complexity index is 189. The molecular formula is C10H14O. The van der Waals surface area contributed by atoms with E-state index in [1.165, 1.54) is 0 Å². The van der Waals surface area contributed by atoms with Crippen LogP contribution in [0.5, 0.6) is 0 Å². The lowest BCUT2D eigenvalue weighted by molar-refractivity contribution is 0.174. The van der Waals surface area contributed by atoms with Crippen molar-refractivity contribution in [2.45, 2.75) is 32.8 Å². The molecule has 0 aromatic heterocycles. The lowest BCUT2D eigenvalue weighted by Gasteiger charge is -2.08. The lowest BCUT2D eigenvalue weighted by atomic mass is 10.0. The molecule has 2 atom stereocenters. The van der Waals surface area contributed by atoms with Crippen molar-refractivity contribution in [1.29, 1.82) is 0 Å². The van der Waals surface area contributed by atoms with Gasteiger partial charge >= 0.3 is 0 Å². The van der Waals surface area contributed by atoms with Gasteiger partial charge in [0.1, 0.15) is 6.10 Å². The monoisotopic (exact) mass is 150 g/mol. The third kappa shape index (κ3) is 4.48. The van der Waals surface area contributed by atoms with Gasteiger partial charge in [-0.3, -0.25) is 0 Å². The molecule has 0 aliphatic rings. The summed E-state index contributed by atoms with van der Waals surface area (Å²) >= 11 is 0. The highest BCUT2D eigenvalue weighted by molar-refractivity contribution is 5.03. The largest absolute Gasteiger partial charge is 0.380 e. The number of aliphatic hydroxyl groups excluding tert-OH is 1. The van der Waals surface area contributed by atoms with Gasteiger partial charge in [-0.1, -0.05) is 19.8 Å². The number of rotatable bonds is 2. The molecular weight excluding hydrogens is 136 g/mol. The Labute approximate surface area is 68.8 Å². The summed E-state index contributed by atoms with van der Waals surface area (Å²) in [5.74, 6) is 8.23. The molecule has 0 saturated carbocycles. The summed E-state index contributed by atoms with van der Waals surface area (Å²) in [6.07, 6.45) is 5.92. The van der Waals surface area contributed by atoms with E-state index < -0.39 is 6.10 Å². The number of hydrogen-bond donors (Lipinski definition) is 1. The van der Waals surface area contributed by atoms with Crippen LogP contribution in [0, 0.1) is 30.1 Å². The summed E-state index contributed by atoms with van der Waals surface area (Å²) in [7, 11) is 0. The molecule has 0 saturated heterocycles. The summed E-state index contributed by atoms with van der Waals surface area (Å²) in [5, 5.41) is 9.12. The summed E-state index contributed by atoms with van der Waals surface area (Å²) in [4.78, 5) is 0. The lowest BCUT2D eigenvalue weighted by Crippen LogP contribution is -2.14. The molecule has 0 heterocycles. The maximum absolute atomic E-state index is 9.12. The summed E-state index contributed by atoms with van der Waals surface area (Å²) in [5.41, 5.74) is 0. The highest BCUT2D eigenvalue weighted by Gasteiger charge is 2.08. The normalized spacial score (nSPS) is 14.0. The molecule has 0 bridgehead atoms. The zero-order chi connectivity index (χ0) is 8.69. The van der Waals surface area contributed by atoms with Crippen LogP contribution in [-0.2, 0) is 0 Å². The van der Waals surface area contributed by atoms with Gasteiger partial charge in [-0.2, -0.15) is 0 Å². The van der Waals surface area contributed by atoms with E-state index in [-0.39, 0.29) is 5.92 Å². The number of aliphatic hydroxyl groups is 1. The predicted octanol–water partition coefficient (Wildman–Crippen LogP) is 1.42. The average molecular weight is 150 g/mol. The summed E-state index contributed by atoms with van der Waals surface area (Å²) in [6, 6.07) is 0. The molecule has 0 rings (SSSR count). The van der Waals surface area contributed by atoms with E-state index in [1.807, 2.05) is 13.8 Å². The van der Waals surface area contributed by atoms with Gasteiger partial charge in [0.2, 0.25) is 0 Å². The predicted molar refractivity (Wildman–Crippen MR) is 46.7 cm³/mol. The highest BCUT2D eigenvalue weighted by Crippen LogP contribution is 2.05. The molecule has 0 aliphatic heterocycles. The molecule has 1 heteroatoms. The Morgan fingerprint density at radius 2 is 2.09 bits per heavy atom. The maximum atomic E-state index is 9.12. The van der Waals surface area contributed by atoms with Gasteiger partial charge in [0.15, 0.2) is 0 Å². The zero-order valence-corrected chi connectivity index (χ0v) is 7.09. The van der Waals surface area contributed by atoms with Gasteiger partial charge in [-0.05, 0) is 0 Å². The Kier molecular flexibility index (Phi) is 5.35. The first-order valence-corrected chi connectivity index (χ1v) is 3.82. The molecule has 0 fully saturated rings. The van der Waals surface area contributed by atoms with Crippen molar-refractivity contribution in [2.24, 2.45) is 5.92 Å². The first-order valence-electron chi connectivity index (χ1n) is 3.82.